The molecule has 92 valence electrons. The number of hydrogen-bond acceptors (Lipinski definition) is 3. The molecule has 6 heteroatoms. The van der Waals surface area contributed by atoms with Gasteiger partial charge in [0.1, 0.15) is 17.5 Å². The van der Waals surface area contributed by atoms with Crippen LogP contribution in [0.4, 0.5) is 10.1 Å². The van der Waals surface area contributed by atoms with E-state index in [-0.39, 0.29) is 11.5 Å². The Bertz CT molecular complexity index is 469. The minimum atomic E-state index is -0.425. The van der Waals surface area contributed by atoms with Crippen LogP contribution < -0.4 is 11.5 Å². The molecule has 4 N–H and O–H groups in total. The van der Waals surface area contributed by atoms with Crippen molar-refractivity contribution in [2.24, 2.45) is 16.5 Å². The number of aliphatic imine (C=N–C) groups is 1. The predicted octanol–water partition coefficient (Wildman–Crippen LogP) is 1.83. The third-order valence-corrected chi connectivity index (χ3v) is 2.29. The Kier molecular flexibility index (Phi) is 4.34. The molecule has 0 radical (unpaired) electrons. The van der Waals surface area contributed by atoms with Crippen LogP contribution in [0.25, 0.3) is 0 Å². The van der Waals surface area contributed by atoms with Crippen molar-refractivity contribution in [1.29, 1.82) is 0 Å². The molecule has 4 nitrogen and oxygen atoms in total. The number of amidine groups is 1. The van der Waals surface area contributed by atoms with Crippen LogP contribution in [0.2, 0.25) is 5.02 Å². The van der Waals surface area contributed by atoms with Gasteiger partial charge in [0.05, 0.1) is 10.7 Å². The molecule has 17 heavy (non-hydrogen) atoms. The topological polar surface area (TPSA) is 67.6 Å². The molecule has 1 aromatic rings. The highest BCUT2D eigenvalue weighted by Crippen LogP contribution is 2.25. The molecule has 0 aromatic heterocycles. The second kappa shape index (κ2) is 5.54. The highest BCUT2D eigenvalue weighted by atomic mass is 35.5. The lowest BCUT2D eigenvalue weighted by atomic mass is 10.3. The normalized spacial score (nSPS) is 12.7. The lowest BCUT2D eigenvalue weighted by Crippen LogP contribution is -2.21. The first-order chi connectivity index (χ1) is 7.90. The number of benzene rings is 1. The van der Waals surface area contributed by atoms with Gasteiger partial charge in [0.15, 0.2) is 0 Å². The Morgan fingerprint density at radius 2 is 2.06 bits per heavy atom. The van der Waals surface area contributed by atoms with E-state index in [9.17, 15) is 4.39 Å². The molecule has 0 saturated heterocycles. The monoisotopic (exact) mass is 256 g/mol. The van der Waals surface area contributed by atoms with Gasteiger partial charge < -0.3 is 16.4 Å². The molecule has 0 aliphatic heterocycles. The van der Waals surface area contributed by atoms with E-state index in [1.807, 2.05) is 0 Å². The molecule has 0 saturated carbocycles. The molecule has 0 heterocycles. The fourth-order valence-electron chi connectivity index (χ4n) is 1.02. The van der Waals surface area contributed by atoms with Crippen LogP contribution in [-0.2, 0) is 0 Å². The second-order valence-corrected chi connectivity index (χ2v) is 4.00. The van der Waals surface area contributed by atoms with Crippen molar-refractivity contribution < 1.29 is 4.39 Å². The Hall–Kier alpha value is -1.75. The lowest BCUT2D eigenvalue weighted by molar-refractivity contribution is 0.506. The van der Waals surface area contributed by atoms with Crippen LogP contribution in [0.1, 0.15) is 0 Å². The highest BCUT2D eigenvalue weighted by molar-refractivity contribution is 6.33. The van der Waals surface area contributed by atoms with Gasteiger partial charge in [0, 0.05) is 26.2 Å². The second-order valence-electron chi connectivity index (χ2n) is 3.60. The van der Waals surface area contributed by atoms with E-state index in [0.717, 1.165) is 0 Å². The van der Waals surface area contributed by atoms with Gasteiger partial charge in [-0.05, 0) is 12.1 Å². The fourth-order valence-corrected chi connectivity index (χ4v) is 1.18. The minimum absolute atomic E-state index is 0.156. The zero-order valence-corrected chi connectivity index (χ0v) is 10.4. The smallest absolute Gasteiger partial charge is 0.127 e. The van der Waals surface area contributed by atoms with Crippen LogP contribution >= 0.6 is 11.6 Å². The summed E-state index contributed by atoms with van der Waals surface area (Å²) in [6.45, 7) is 0. The van der Waals surface area contributed by atoms with Gasteiger partial charge in [-0.15, -0.1) is 0 Å². The first-order valence-electron chi connectivity index (χ1n) is 4.84. The maximum absolute atomic E-state index is 13.0. The van der Waals surface area contributed by atoms with Crippen LogP contribution in [-0.4, -0.2) is 24.8 Å². The van der Waals surface area contributed by atoms with E-state index < -0.39 is 5.82 Å². The van der Waals surface area contributed by atoms with E-state index >= 15 is 0 Å². The number of nitrogens with two attached hydrogens (primary N) is 2. The van der Waals surface area contributed by atoms with Gasteiger partial charge in [-0.1, -0.05) is 11.6 Å². The fraction of sp³-hybridized carbons (Fsp3) is 0.182. The zero-order valence-electron chi connectivity index (χ0n) is 9.61. The Morgan fingerprint density at radius 1 is 1.41 bits per heavy atom. The molecule has 0 unspecified atom stereocenters. The van der Waals surface area contributed by atoms with Crippen molar-refractivity contribution in [3.8, 4) is 0 Å². The summed E-state index contributed by atoms with van der Waals surface area (Å²) in [5, 5.41) is 0.325. The average Bonchev–Trinajstić information content (AvgIpc) is 2.23. The van der Waals surface area contributed by atoms with Gasteiger partial charge in [-0.25, -0.2) is 9.38 Å². The molecule has 1 aromatic carbocycles. The summed E-state index contributed by atoms with van der Waals surface area (Å²) in [7, 11) is 3.54. The summed E-state index contributed by atoms with van der Waals surface area (Å²) in [5.74, 6) is 0.174. The van der Waals surface area contributed by atoms with Gasteiger partial charge in [-0.3, -0.25) is 0 Å². The summed E-state index contributed by atoms with van der Waals surface area (Å²) < 4.78 is 13.0. The highest BCUT2D eigenvalue weighted by Gasteiger charge is 2.01. The summed E-state index contributed by atoms with van der Waals surface area (Å²) >= 11 is 5.85. The minimum Gasteiger partial charge on any atom is -0.385 e. The van der Waals surface area contributed by atoms with Crippen molar-refractivity contribution in [2.75, 3.05) is 14.1 Å². The van der Waals surface area contributed by atoms with E-state index in [1.54, 1.807) is 19.0 Å². The first kappa shape index (κ1) is 13.3. The van der Waals surface area contributed by atoms with Crippen molar-refractivity contribution >= 4 is 23.1 Å². The Labute approximate surface area is 104 Å². The molecule has 0 fully saturated rings. The number of hydrogen-bond donors (Lipinski definition) is 2. The first-order valence-corrected chi connectivity index (χ1v) is 5.21. The molecular formula is C11H14ClFN4. The number of halogens is 2. The van der Waals surface area contributed by atoms with Gasteiger partial charge >= 0.3 is 0 Å². The molecule has 0 aliphatic rings. The lowest BCUT2D eigenvalue weighted by Gasteiger charge is -2.11. The summed E-state index contributed by atoms with van der Waals surface area (Å²) in [4.78, 5) is 5.66. The maximum Gasteiger partial charge on any atom is 0.127 e. The van der Waals surface area contributed by atoms with Crippen molar-refractivity contribution in [2.45, 2.75) is 0 Å². The molecule has 1 rings (SSSR count). The third kappa shape index (κ3) is 3.96. The summed E-state index contributed by atoms with van der Waals surface area (Å²) in [6, 6.07) is 3.87. The number of nitrogens with zero attached hydrogens (tertiary/aromatic N) is 2. The van der Waals surface area contributed by atoms with Crippen LogP contribution in [0.5, 0.6) is 0 Å². The molecule has 0 spiro atoms. The quantitative estimate of drug-likeness (QED) is 0.640. The SMILES string of the molecule is CN(C)C(N)=CC(N)=Nc1cc(F)ccc1Cl. The molecule has 0 bridgehead atoms. The molecular weight excluding hydrogens is 243 g/mol. The summed E-state index contributed by atoms with van der Waals surface area (Å²) in [5.41, 5.74) is 11.6. The maximum atomic E-state index is 13.0. The third-order valence-electron chi connectivity index (χ3n) is 1.97. The van der Waals surface area contributed by atoms with Crippen LogP contribution in [0.3, 0.4) is 0 Å². The van der Waals surface area contributed by atoms with Gasteiger partial charge in [0.25, 0.3) is 0 Å². The average molecular weight is 257 g/mol. The Balaban J connectivity index is 3.03. The van der Waals surface area contributed by atoms with E-state index in [2.05, 4.69) is 4.99 Å². The summed E-state index contributed by atoms with van der Waals surface area (Å²) in [6.07, 6.45) is 1.47. The number of rotatable bonds is 3. The molecule has 0 atom stereocenters. The van der Waals surface area contributed by atoms with E-state index in [4.69, 9.17) is 23.1 Å². The van der Waals surface area contributed by atoms with Gasteiger partial charge in [-0.2, -0.15) is 0 Å². The Morgan fingerprint density at radius 3 is 2.65 bits per heavy atom. The van der Waals surface area contributed by atoms with E-state index in [0.29, 0.717) is 10.8 Å². The van der Waals surface area contributed by atoms with Crippen molar-refractivity contribution in [3.05, 3.63) is 40.9 Å². The zero-order chi connectivity index (χ0) is 13.0. The standard InChI is InChI=1S/C11H14ClFN4/c1-17(2)11(15)6-10(14)16-9-5-7(13)3-4-8(9)12/h3-6H,15H2,1-2H3,(H2,14,16). The predicted molar refractivity (Wildman–Crippen MR) is 68.6 cm³/mol. The molecule has 0 amide bonds. The largest absolute Gasteiger partial charge is 0.385 e. The van der Waals surface area contributed by atoms with E-state index in [1.165, 1.54) is 24.3 Å². The van der Waals surface area contributed by atoms with Crippen LogP contribution in [0.15, 0.2) is 35.1 Å². The van der Waals surface area contributed by atoms with Crippen molar-refractivity contribution in [3.63, 3.8) is 0 Å². The van der Waals surface area contributed by atoms with Crippen LogP contribution in [0, 0.1) is 5.82 Å². The molecule has 0 aliphatic carbocycles. The van der Waals surface area contributed by atoms with Gasteiger partial charge in [0.2, 0.25) is 0 Å². The van der Waals surface area contributed by atoms with Crippen molar-refractivity contribution in [1.82, 2.24) is 4.90 Å².